The van der Waals surface area contributed by atoms with Crippen molar-refractivity contribution < 1.29 is 32.7 Å². The van der Waals surface area contributed by atoms with Gasteiger partial charge in [-0.2, -0.15) is 18.3 Å². The molecule has 1 heterocycles. The molecule has 32 heavy (non-hydrogen) atoms. The number of aryl methyl sites for hydroxylation is 1. The number of H-pyrrole nitrogens is 1. The summed E-state index contributed by atoms with van der Waals surface area (Å²) in [5.74, 6) is -4.12. The Balaban J connectivity index is 1.74. The van der Waals surface area contributed by atoms with Gasteiger partial charge in [0.2, 0.25) is 0 Å². The van der Waals surface area contributed by atoms with Crippen molar-refractivity contribution in [3.05, 3.63) is 75.4 Å². The van der Waals surface area contributed by atoms with Crippen LogP contribution in [0.5, 0.6) is 0 Å². The summed E-state index contributed by atoms with van der Waals surface area (Å²) in [6.07, 6.45) is -4.58. The number of ketones is 2. The smallest absolute Gasteiger partial charge is 0.417 e. The molecule has 0 saturated carbocycles. The molecule has 2 aromatic carbocycles. The van der Waals surface area contributed by atoms with Crippen molar-refractivity contribution in [1.29, 1.82) is 0 Å². The molecule has 164 valence electrons. The summed E-state index contributed by atoms with van der Waals surface area (Å²) in [4.78, 5) is 37.4. The fourth-order valence-electron chi connectivity index (χ4n) is 3.83. The molecule has 1 aliphatic carbocycles. The van der Waals surface area contributed by atoms with E-state index in [4.69, 9.17) is 16.7 Å². The van der Waals surface area contributed by atoms with Crippen molar-refractivity contribution in [2.45, 2.75) is 19.0 Å². The summed E-state index contributed by atoms with van der Waals surface area (Å²) < 4.78 is 40.4. The van der Waals surface area contributed by atoms with Crippen molar-refractivity contribution in [3.8, 4) is 11.3 Å². The summed E-state index contributed by atoms with van der Waals surface area (Å²) in [7, 11) is 0. The summed E-state index contributed by atoms with van der Waals surface area (Å²) in [5.41, 5.74) is -0.664. The lowest BCUT2D eigenvalue weighted by atomic mass is 9.79. The number of Topliss-reactive ketones (excluding diaryl/α,β-unsaturated/α-hetero) is 2. The summed E-state index contributed by atoms with van der Waals surface area (Å²) in [6, 6.07) is 8.64. The fourth-order valence-corrected chi connectivity index (χ4v) is 4.10. The van der Waals surface area contributed by atoms with Gasteiger partial charge in [-0.05, 0) is 37.1 Å². The van der Waals surface area contributed by atoms with Crippen LogP contribution in [-0.4, -0.2) is 32.8 Å². The maximum Gasteiger partial charge on any atom is 0.417 e. The molecule has 0 amide bonds. The third kappa shape index (κ3) is 3.69. The van der Waals surface area contributed by atoms with Crippen LogP contribution in [-0.2, 0) is 12.6 Å². The third-order valence-electron chi connectivity index (χ3n) is 5.37. The van der Waals surface area contributed by atoms with Crippen LogP contribution in [0.25, 0.3) is 11.3 Å². The van der Waals surface area contributed by atoms with E-state index < -0.39 is 40.8 Å². The first kappa shape index (κ1) is 21.8. The number of halogens is 4. The van der Waals surface area contributed by atoms with Crippen molar-refractivity contribution in [2.24, 2.45) is 5.92 Å². The molecule has 0 fully saturated rings. The minimum atomic E-state index is -4.81. The number of hydrogen-bond donors (Lipinski definition) is 2. The topological polar surface area (TPSA) is 100 Å². The van der Waals surface area contributed by atoms with Gasteiger partial charge in [0, 0.05) is 16.8 Å². The fraction of sp³-hybridized carbons (Fsp3) is 0.182. The van der Waals surface area contributed by atoms with E-state index in [1.165, 1.54) is 30.3 Å². The van der Waals surface area contributed by atoms with Gasteiger partial charge in [0.15, 0.2) is 11.6 Å². The zero-order valence-corrected chi connectivity index (χ0v) is 16.9. The number of nitrogens with one attached hydrogen (secondary N) is 1. The van der Waals surface area contributed by atoms with E-state index in [2.05, 4.69) is 10.2 Å². The Morgan fingerprint density at radius 1 is 1.12 bits per heavy atom. The van der Waals surface area contributed by atoms with Crippen LogP contribution >= 0.6 is 11.6 Å². The molecule has 1 atom stereocenters. The summed E-state index contributed by atoms with van der Waals surface area (Å²) in [5, 5.41) is 15.5. The van der Waals surface area contributed by atoms with Gasteiger partial charge in [-0.25, -0.2) is 4.79 Å². The molecule has 1 aliphatic rings. The number of carbonyl (C=O) groups excluding carboxylic acids is 2. The Morgan fingerprint density at radius 2 is 1.81 bits per heavy atom. The van der Waals surface area contributed by atoms with Crippen molar-refractivity contribution >= 4 is 29.1 Å². The van der Waals surface area contributed by atoms with Gasteiger partial charge in [-0.1, -0.05) is 29.8 Å². The molecular weight excluding hydrogens is 449 g/mol. The molecule has 3 aromatic rings. The second kappa shape index (κ2) is 7.90. The number of nitrogens with zero attached hydrogens (tertiary/aromatic N) is 1. The Bertz CT molecular complexity index is 1250. The quantitative estimate of drug-likeness (QED) is 0.416. The van der Waals surface area contributed by atoms with E-state index in [9.17, 15) is 27.6 Å². The van der Waals surface area contributed by atoms with Gasteiger partial charge in [0.25, 0.3) is 0 Å². The Morgan fingerprint density at radius 3 is 2.44 bits per heavy atom. The molecule has 10 heteroatoms. The summed E-state index contributed by atoms with van der Waals surface area (Å²) >= 11 is 5.95. The minimum absolute atomic E-state index is 0.00672. The molecule has 0 radical (unpaired) electrons. The van der Waals surface area contributed by atoms with Crippen LogP contribution in [0, 0.1) is 5.92 Å². The number of hydrogen-bond acceptors (Lipinski definition) is 4. The SMILES string of the molecule is O=C(O)c1ccc(-c2n[nH]c3c2C(=O)C(C(=O)c2c(Cl)cccc2C(F)(F)F)CC3)cc1. The van der Waals surface area contributed by atoms with Crippen LogP contribution in [0.3, 0.4) is 0 Å². The van der Waals surface area contributed by atoms with Crippen LogP contribution in [0.4, 0.5) is 13.2 Å². The minimum Gasteiger partial charge on any atom is -0.478 e. The first-order valence-corrected chi connectivity index (χ1v) is 9.82. The monoisotopic (exact) mass is 462 g/mol. The lowest BCUT2D eigenvalue weighted by Gasteiger charge is -2.22. The zero-order chi connectivity index (χ0) is 23.2. The normalized spacial score (nSPS) is 16.0. The number of benzene rings is 2. The summed E-state index contributed by atoms with van der Waals surface area (Å²) in [6.45, 7) is 0. The first-order chi connectivity index (χ1) is 15.1. The van der Waals surface area contributed by atoms with Crippen molar-refractivity contribution in [3.63, 3.8) is 0 Å². The Labute approximate surface area is 184 Å². The average molecular weight is 463 g/mol. The van der Waals surface area contributed by atoms with E-state index in [1.54, 1.807) is 0 Å². The highest BCUT2D eigenvalue weighted by Gasteiger charge is 2.42. The van der Waals surface area contributed by atoms with Gasteiger partial charge in [-0.3, -0.25) is 14.7 Å². The number of fused-ring (bicyclic) bond motifs is 1. The van der Waals surface area contributed by atoms with E-state index in [0.29, 0.717) is 11.3 Å². The number of carbonyl (C=O) groups is 3. The van der Waals surface area contributed by atoms with Crippen LogP contribution in [0.1, 0.15) is 48.8 Å². The molecular formula is C22H14ClF3N2O4. The van der Waals surface area contributed by atoms with Crippen molar-refractivity contribution in [2.75, 3.05) is 0 Å². The van der Waals surface area contributed by atoms with Gasteiger partial charge < -0.3 is 5.11 Å². The Hall–Kier alpha value is -3.46. The predicted octanol–water partition coefficient (Wildman–Crippen LogP) is 5.08. The van der Waals surface area contributed by atoms with E-state index in [-0.39, 0.29) is 34.7 Å². The number of rotatable bonds is 4. The molecule has 1 aromatic heterocycles. The van der Waals surface area contributed by atoms with Gasteiger partial charge >= 0.3 is 12.1 Å². The molecule has 0 bridgehead atoms. The van der Waals surface area contributed by atoms with Gasteiger partial charge in [0.05, 0.1) is 27.6 Å². The number of aromatic amines is 1. The Kier molecular flexibility index (Phi) is 5.37. The highest BCUT2D eigenvalue weighted by molar-refractivity contribution is 6.35. The van der Waals surface area contributed by atoms with E-state index >= 15 is 0 Å². The number of aromatic carboxylic acids is 1. The van der Waals surface area contributed by atoms with Crippen LogP contribution in [0.15, 0.2) is 42.5 Å². The predicted molar refractivity (Wildman–Crippen MR) is 108 cm³/mol. The second-order valence-corrected chi connectivity index (χ2v) is 7.70. The standard InChI is InChI=1S/C22H14ClF3N2O4/c23-14-3-1-2-13(22(24,25)26)16(14)19(29)12-8-9-15-17(20(12)30)18(28-27-15)10-4-6-11(7-5-10)21(31)32/h1-7,12H,8-9H2,(H,27,28)(H,31,32). The lowest BCUT2D eigenvalue weighted by Crippen LogP contribution is -2.31. The van der Waals surface area contributed by atoms with E-state index in [1.807, 2.05) is 0 Å². The molecule has 0 saturated heterocycles. The van der Waals surface area contributed by atoms with Crippen LogP contribution in [0.2, 0.25) is 5.02 Å². The van der Waals surface area contributed by atoms with Crippen molar-refractivity contribution in [1.82, 2.24) is 10.2 Å². The average Bonchev–Trinajstić information content (AvgIpc) is 3.18. The molecule has 1 unspecified atom stereocenters. The molecule has 6 nitrogen and oxygen atoms in total. The zero-order valence-electron chi connectivity index (χ0n) is 16.2. The second-order valence-electron chi connectivity index (χ2n) is 7.29. The molecule has 0 spiro atoms. The highest BCUT2D eigenvalue weighted by Crippen LogP contribution is 2.39. The number of carboxylic acids is 1. The number of aromatic nitrogens is 2. The van der Waals surface area contributed by atoms with Gasteiger partial charge in [-0.15, -0.1) is 0 Å². The number of alkyl halides is 3. The highest BCUT2D eigenvalue weighted by atomic mass is 35.5. The number of carboxylic acid groups (broad SMARTS) is 1. The van der Waals surface area contributed by atoms with E-state index in [0.717, 1.165) is 12.1 Å². The maximum absolute atomic E-state index is 13.5. The lowest BCUT2D eigenvalue weighted by molar-refractivity contribution is -0.137. The van der Waals surface area contributed by atoms with Crippen LogP contribution < -0.4 is 0 Å². The molecule has 0 aliphatic heterocycles. The molecule has 4 rings (SSSR count). The molecule has 2 N–H and O–H groups in total. The largest absolute Gasteiger partial charge is 0.478 e. The first-order valence-electron chi connectivity index (χ1n) is 9.44. The third-order valence-corrected chi connectivity index (χ3v) is 5.69. The van der Waals surface area contributed by atoms with Gasteiger partial charge in [0.1, 0.15) is 5.69 Å². The maximum atomic E-state index is 13.5.